The summed E-state index contributed by atoms with van der Waals surface area (Å²) in [7, 11) is 0. The molecule has 1 saturated heterocycles. The van der Waals surface area contributed by atoms with E-state index < -0.39 is 0 Å². The van der Waals surface area contributed by atoms with Gasteiger partial charge in [-0.1, -0.05) is 37.3 Å². The number of carbonyl (C=O) groups is 1. The van der Waals surface area contributed by atoms with Crippen molar-refractivity contribution in [3.63, 3.8) is 0 Å². The summed E-state index contributed by atoms with van der Waals surface area (Å²) in [5.41, 5.74) is 7.11. The van der Waals surface area contributed by atoms with Gasteiger partial charge in [-0.2, -0.15) is 0 Å². The van der Waals surface area contributed by atoms with Crippen LogP contribution in [0.5, 0.6) is 0 Å². The highest BCUT2D eigenvalue weighted by Crippen LogP contribution is 2.02. The zero-order valence-corrected chi connectivity index (χ0v) is 9.86. The fourth-order valence-electron chi connectivity index (χ4n) is 1.74. The van der Waals surface area contributed by atoms with Gasteiger partial charge in [0.1, 0.15) is 0 Å². The number of hydrogen-bond donors (Lipinski definition) is 4. The molecule has 0 bridgehead atoms. The lowest BCUT2D eigenvalue weighted by atomic mass is 10.1. The van der Waals surface area contributed by atoms with E-state index in [1.807, 2.05) is 30.3 Å². The fraction of sp³-hybridized carbons (Fsp3) is 0.417. The molecule has 0 aliphatic carbocycles. The maximum atomic E-state index is 11.6. The van der Waals surface area contributed by atoms with Crippen LogP contribution < -0.4 is 21.5 Å². The van der Waals surface area contributed by atoms with Crippen molar-refractivity contribution < 1.29 is 4.79 Å². The molecule has 5 heteroatoms. The second kappa shape index (κ2) is 5.65. The SMILES string of the molecule is CC1CNNC1NC(=O)NCc1ccccc1. The minimum absolute atomic E-state index is 0.00854. The summed E-state index contributed by atoms with van der Waals surface area (Å²) in [5.74, 6) is 0.387. The zero-order valence-electron chi connectivity index (χ0n) is 9.86. The van der Waals surface area contributed by atoms with Crippen molar-refractivity contribution >= 4 is 6.03 Å². The van der Waals surface area contributed by atoms with Gasteiger partial charge in [0.25, 0.3) is 0 Å². The molecule has 1 aromatic rings. The van der Waals surface area contributed by atoms with E-state index in [1.54, 1.807) is 0 Å². The van der Waals surface area contributed by atoms with E-state index in [0.717, 1.165) is 12.1 Å². The van der Waals surface area contributed by atoms with E-state index in [2.05, 4.69) is 28.4 Å². The van der Waals surface area contributed by atoms with Gasteiger partial charge in [-0.15, -0.1) is 0 Å². The Balaban J connectivity index is 1.74. The first kappa shape index (κ1) is 11.9. The van der Waals surface area contributed by atoms with Crippen molar-refractivity contribution in [1.82, 2.24) is 21.5 Å². The van der Waals surface area contributed by atoms with Crippen LogP contribution in [0.1, 0.15) is 12.5 Å². The van der Waals surface area contributed by atoms with Crippen molar-refractivity contribution in [3.8, 4) is 0 Å². The van der Waals surface area contributed by atoms with Gasteiger partial charge in [0, 0.05) is 19.0 Å². The van der Waals surface area contributed by atoms with Crippen LogP contribution in [0.3, 0.4) is 0 Å². The first-order valence-corrected chi connectivity index (χ1v) is 5.82. The second-order valence-corrected chi connectivity index (χ2v) is 4.29. The molecule has 17 heavy (non-hydrogen) atoms. The molecule has 1 heterocycles. The lowest BCUT2D eigenvalue weighted by Crippen LogP contribution is -2.49. The molecule has 1 aliphatic rings. The third kappa shape index (κ3) is 3.44. The van der Waals surface area contributed by atoms with Crippen LogP contribution in [0.25, 0.3) is 0 Å². The molecular weight excluding hydrogens is 216 g/mol. The molecule has 92 valence electrons. The van der Waals surface area contributed by atoms with Crippen LogP contribution in [0.4, 0.5) is 4.79 Å². The zero-order chi connectivity index (χ0) is 12.1. The maximum Gasteiger partial charge on any atom is 0.316 e. The predicted molar refractivity (Wildman–Crippen MR) is 65.9 cm³/mol. The summed E-state index contributed by atoms with van der Waals surface area (Å²) >= 11 is 0. The number of hydrogen-bond acceptors (Lipinski definition) is 3. The summed E-state index contributed by atoms with van der Waals surface area (Å²) in [4.78, 5) is 11.6. The summed E-state index contributed by atoms with van der Waals surface area (Å²) < 4.78 is 0. The Bertz CT molecular complexity index is 368. The number of amides is 2. The van der Waals surface area contributed by atoms with E-state index in [1.165, 1.54) is 0 Å². The average molecular weight is 234 g/mol. The van der Waals surface area contributed by atoms with E-state index in [0.29, 0.717) is 12.5 Å². The Kier molecular flexibility index (Phi) is 3.95. The van der Waals surface area contributed by atoms with E-state index >= 15 is 0 Å². The molecule has 2 amide bonds. The fourth-order valence-corrected chi connectivity index (χ4v) is 1.74. The van der Waals surface area contributed by atoms with Gasteiger partial charge < -0.3 is 10.6 Å². The molecule has 4 N–H and O–H groups in total. The van der Waals surface area contributed by atoms with Crippen molar-refractivity contribution in [3.05, 3.63) is 35.9 Å². The number of urea groups is 1. The predicted octanol–water partition coefficient (Wildman–Crippen LogP) is 0.556. The molecule has 2 atom stereocenters. The van der Waals surface area contributed by atoms with Crippen LogP contribution in [-0.4, -0.2) is 18.7 Å². The molecule has 1 fully saturated rings. The number of hydrazine groups is 1. The Hall–Kier alpha value is -1.59. The standard InChI is InChI=1S/C12H18N4O/c1-9-7-14-16-11(9)15-12(17)13-8-10-5-3-2-4-6-10/h2-6,9,11,14,16H,7-8H2,1H3,(H2,13,15,17). The molecule has 0 aromatic heterocycles. The summed E-state index contributed by atoms with van der Waals surface area (Å²) in [6.45, 7) is 3.49. The molecule has 2 unspecified atom stereocenters. The van der Waals surface area contributed by atoms with Crippen LogP contribution in [0.2, 0.25) is 0 Å². The minimum Gasteiger partial charge on any atom is -0.334 e. The van der Waals surface area contributed by atoms with Gasteiger partial charge in [-0.05, 0) is 5.56 Å². The first-order valence-electron chi connectivity index (χ1n) is 5.82. The number of nitrogens with one attached hydrogen (secondary N) is 4. The molecular formula is C12H18N4O. The summed E-state index contributed by atoms with van der Waals surface area (Å²) in [5, 5.41) is 5.70. The summed E-state index contributed by atoms with van der Waals surface area (Å²) in [6, 6.07) is 9.69. The lowest BCUT2D eigenvalue weighted by Gasteiger charge is -2.16. The Morgan fingerprint density at radius 1 is 1.41 bits per heavy atom. The van der Waals surface area contributed by atoms with Crippen LogP contribution in [0.15, 0.2) is 30.3 Å². The molecule has 0 saturated carbocycles. The van der Waals surface area contributed by atoms with Crippen molar-refractivity contribution in [2.45, 2.75) is 19.6 Å². The topological polar surface area (TPSA) is 65.2 Å². The minimum atomic E-state index is -0.151. The van der Waals surface area contributed by atoms with Gasteiger partial charge in [0.05, 0.1) is 6.17 Å². The van der Waals surface area contributed by atoms with Gasteiger partial charge in [0.15, 0.2) is 0 Å². The first-order chi connectivity index (χ1) is 8.25. The monoisotopic (exact) mass is 234 g/mol. The quantitative estimate of drug-likeness (QED) is 0.618. The molecule has 0 spiro atoms. The Labute approximate surface area is 101 Å². The van der Waals surface area contributed by atoms with E-state index in [-0.39, 0.29) is 12.2 Å². The molecule has 1 aliphatic heterocycles. The number of benzene rings is 1. The third-order valence-corrected chi connectivity index (χ3v) is 2.83. The van der Waals surface area contributed by atoms with Gasteiger partial charge in [-0.3, -0.25) is 5.43 Å². The highest BCUT2D eigenvalue weighted by Gasteiger charge is 2.23. The molecule has 5 nitrogen and oxygen atoms in total. The third-order valence-electron chi connectivity index (χ3n) is 2.83. The van der Waals surface area contributed by atoms with Crippen molar-refractivity contribution in [2.24, 2.45) is 5.92 Å². The molecule has 2 rings (SSSR count). The largest absolute Gasteiger partial charge is 0.334 e. The summed E-state index contributed by atoms with van der Waals surface area (Å²) in [6.07, 6.45) is -0.00854. The van der Waals surface area contributed by atoms with Crippen molar-refractivity contribution in [2.75, 3.05) is 6.54 Å². The average Bonchev–Trinajstić information content (AvgIpc) is 2.74. The van der Waals surface area contributed by atoms with Crippen LogP contribution in [0, 0.1) is 5.92 Å². The lowest BCUT2D eigenvalue weighted by molar-refractivity contribution is 0.232. The van der Waals surface area contributed by atoms with Crippen molar-refractivity contribution in [1.29, 1.82) is 0 Å². The number of carbonyl (C=O) groups excluding carboxylic acids is 1. The number of rotatable bonds is 3. The van der Waals surface area contributed by atoms with Gasteiger partial charge >= 0.3 is 6.03 Å². The van der Waals surface area contributed by atoms with Crippen LogP contribution >= 0.6 is 0 Å². The highest BCUT2D eigenvalue weighted by atomic mass is 16.2. The molecule has 1 aromatic carbocycles. The smallest absolute Gasteiger partial charge is 0.316 e. The Morgan fingerprint density at radius 2 is 2.18 bits per heavy atom. The normalized spacial score (nSPS) is 23.4. The van der Waals surface area contributed by atoms with Crippen LogP contribution in [-0.2, 0) is 6.54 Å². The Morgan fingerprint density at radius 3 is 2.82 bits per heavy atom. The van der Waals surface area contributed by atoms with E-state index in [4.69, 9.17) is 0 Å². The maximum absolute atomic E-state index is 11.6. The van der Waals surface area contributed by atoms with Gasteiger partial charge in [-0.25, -0.2) is 10.2 Å². The molecule has 0 radical (unpaired) electrons. The highest BCUT2D eigenvalue weighted by molar-refractivity contribution is 5.74. The van der Waals surface area contributed by atoms with Gasteiger partial charge in [0.2, 0.25) is 0 Å². The van der Waals surface area contributed by atoms with E-state index in [9.17, 15) is 4.79 Å². The second-order valence-electron chi connectivity index (χ2n) is 4.29.